The fourth-order valence-corrected chi connectivity index (χ4v) is 4.14. The number of hydrogen-bond donors (Lipinski definition) is 2. The van der Waals surface area contributed by atoms with E-state index >= 15 is 0 Å². The number of phenols is 1. The number of hydrogen-bond acceptors (Lipinski definition) is 2. The van der Waals surface area contributed by atoms with Crippen molar-refractivity contribution in [3.8, 4) is 5.75 Å². The standard InChI is InChI=1S/C16H20F2O2/c1-16-5-4-9(6-10(16)2-3-15(16)20)11-7-13(18)14(19)8-12(11)17/h7-10,15,19-20H,2-6H2,1H3/t9-,10-,15+,16+/m1/s1. The SMILES string of the molecule is C[C@]12CC[C@@H](c3cc(F)c(O)cc3F)C[C@H]1CC[C@@H]2O. The van der Waals surface area contributed by atoms with Gasteiger partial charge >= 0.3 is 0 Å². The van der Waals surface area contributed by atoms with E-state index < -0.39 is 17.4 Å². The quantitative estimate of drug-likeness (QED) is 0.824. The number of phenolic OH excluding ortho intramolecular Hbond substituents is 1. The summed E-state index contributed by atoms with van der Waals surface area (Å²) < 4.78 is 27.4. The Labute approximate surface area is 117 Å². The van der Waals surface area contributed by atoms with Crippen molar-refractivity contribution in [3.63, 3.8) is 0 Å². The van der Waals surface area contributed by atoms with Gasteiger partial charge in [0, 0.05) is 6.07 Å². The molecule has 0 amide bonds. The van der Waals surface area contributed by atoms with Crippen LogP contribution in [0.4, 0.5) is 8.78 Å². The summed E-state index contributed by atoms with van der Waals surface area (Å²) in [6.45, 7) is 2.11. The largest absolute Gasteiger partial charge is 0.505 e. The average Bonchev–Trinajstić information content (AvgIpc) is 2.70. The zero-order chi connectivity index (χ0) is 14.5. The highest BCUT2D eigenvalue weighted by Crippen LogP contribution is 2.55. The third-order valence-electron chi connectivity index (χ3n) is 5.59. The normalized spacial score (nSPS) is 36.9. The van der Waals surface area contributed by atoms with Crippen LogP contribution in [0.5, 0.6) is 5.75 Å². The summed E-state index contributed by atoms with van der Waals surface area (Å²) in [6.07, 6.45) is 3.87. The van der Waals surface area contributed by atoms with Crippen LogP contribution in [0.25, 0.3) is 0 Å². The Morgan fingerprint density at radius 2 is 1.90 bits per heavy atom. The fourth-order valence-electron chi connectivity index (χ4n) is 4.14. The minimum absolute atomic E-state index is 0.0199. The predicted molar refractivity (Wildman–Crippen MR) is 71.5 cm³/mol. The summed E-state index contributed by atoms with van der Waals surface area (Å²) in [7, 11) is 0. The van der Waals surface area contributed by atoms with E-state index in [0.29, 0.717) is 11.5 Å². The Kier molecular flexibility index (Phi) is 3.24. The molecule has 2 saturated carbocycles. The molecule has 2 aliphatic carbocycles. The van der Waals surface area contributed by atoms with E-state index in [0.717, 1.165) is 44.2 Å². The van der Waals surface area contributed by atoms with Crippen LogP contribution in [-0.2, 0) is 0 Å². The molecule has 0 aliphatic heterocycles. The zero-order valence-electron chi connectivity index (χ0n) is 11.6. The molecule has 110 valence electrons. The van der Waals surface area contributed by atoms with Gasteiger partial charge in [-0.05, 0) is 61.0 Å². The first-order chi connectivity index (χ1) is 9.41. The monoisotopic (exact) mass is 282 g/mol. The van der Waals surface area contributed by atoms with Gasteiger partial charge in [0.05, 0.1) is 6.10 Å². The lowest BCUT2D eigenvalue weighted by atomic mass is 9.64. The van der Waals surface area contributed by atoms with Crippen molar-refractivity contribution in [2.24, 2.45) is 11.3 Å². The van der Waals surface area contributed by atoms with E-state index in [1.807, 2.05) is 0 Å². The fraction of sp³-hybridized carbons (Fsp3) is 0.625. The Hall–Kier alpha value is -1.16. The number of fused-ring (bicyclic) bond motifs is 1. The van der Waals surface area contributed by atoms with Gasteiger partial charge in [-0.2, -0.15) is 0 Å². The molecule has 20 heavy (non-hydrogen) atoms. The molecular weight excluding hydrogens is 262 g/mol. The molecule has 3 rings (SSSR count). The van der Waals surface area contributed by atoms with E-state index in [9.17, 15) is 19.0 Å². The van der Waals surface area contributed by atoms with E-state index in [4.69, 9.17) is 0 Å². The van der Waals surface area contributed by atoms with Crippen molar-refractivity contribution in [2.75, 3.05) is 0 Å². The second-order valence-corrected chi connectivity index (χ2v) is 6.59. The maximum absolute atomic E-state index is 14.0. The highest BCUT2D eigenvalue weighted by Gasteiger charge is 2.49. The lowest BCUT2D eigenvalue weighted by Crippen LogP contribution is -2.37. The highest BCUT2D eigenvalue weighted by molar-refractivity contribution is 5.32. The number of aliphatic hydroxyl groups excluding tert-OH is 1. The first-order valence-corrected chi connectivity index (χ1v) is 7.28. The van der Waals surface area contributed by atoms with Gasteiger partial charge in [-0.3, -0.25) is 0 Å². The van der Waals surface area contributed by atoms with Crippen molar-refractivity contribution >= 4 is 0 Å². The summed E-state index contributed by atoms with van der Waals surface area (Å²) in [5.41, 5.74) is 0.298. The molecule has 4 heteroatoms. The van der Waals surface area contributed by atoms with Gasteiger partial charge in [0.1, 0.15) is 5.82 Å². The van der Waals surface area contributed by atoms with Crippen LogP contribution in [0.15, 0.2) is 12.1 Å². The molecule has 2 aliphatic rings. The Balaban J connectivity index is 1.86. The van der Waals surface area contributed by atoms with Gasteiger partial charge in [0.2, 0.25) is 0 Å². The van der Waals surface area contributed by atoms with Crippen LogP contribution >= 0.6 is 0 Å². The second-order valence-electron chi connectivity index (χ2n) is 6.59. The molecule has 4 atom stereocenters. The summed E-state index contributed by atoms with van der Waals surface area (Å²) >= 11 is 0. The molecule has 1 aromatic carbocycles. The smallest absolute Gasteiger partial charge is 0.165 e. The van der Waals surface area contributed by atoms with Gasteiger partial charge in [0.25, 0.3) is 0 Å². The van der Waals surface area contributed by atoms with Gasteiger partial charge < -0.3 is 10.2 Å². The number of benzene rings is 1. The second kappa shape index (κ2) is 4.69. The molecule has 1 aromatic rings. The maximum Gasteiger partial charge on any atom is 0.165 e. The van der Waals surface area contributed by atoms with Gasteiger partial charge in [-0.15, -0.1) is 0 Å². The first-order valence-electron chi connectivity index (χ1n) is 7.28. The lowest BCUT2D eigenvalue weighted by Gasteiger charge is -2.42. The van der Waals surface area contributed by atoms with Crippen LogP contribution in [0.1, 0.15) is 50.5 Å². The predicted octanol–water partition coefficient (Wildman–Crippen LogP) is 3.72. The van der Waals surface area contributed by atoms with Crippen molar-refractivity contribution in [2.45, 2.75) is 51.0 Å². The van der Waals surface area contributed by atoms with Gasteiger partial charge in [-0.1, -0.05) is 6.92 Å². The zero-order valence-corrected chi connectivity index (χ0v) is 11.6. The van der Waals surface area contributed by atoms with Crippen LogP contribution in [-0.4, -0.2) is 16.3 Å². The van der Waals surface area contributed by atoms with Crippen molar-refractivity contribution in [1.82, 2.24) is 0 Å². The number of rotatable bonds is 1. The summed E-state index contributed by atoms with van der Waals surface area (Å²) in [6, 6.07) is 1.99. The first kappa shape index (κ1) is 13.8. The third-order valence-corrected chi connectivity index (χ3v) is 5.59. The third kappa shape index (κ3) is 2.01. The van der Waals surface area contributed by atoms with Crippen LogP contribution in [0, 0.1) is 23.0 Å². The molecule has 0 spiro atoms. The number of aliphatic hydroxyl groups is 1. The molecule has 2 N–H and O–H groups in total. The van der Waals surface area contributed by atoms with Crippen molar-refractivity contribution in [3.05, 3.63) is 29.3 Å². The molecule has 2 fully saturated rings. The van der Waals surface area contributed by atoms with Crippen molar-refractivity contribution in [1.29, 1.82) is 0 Å². The Bertz CT molecular complexity index is 531. The van der Waals surface area contributed by atoms with E-state index in [2.05, 4.69) is 6.92 Å². The van der Waals surface area contributed by atoms with E-state index in [1.54, 1.807) is 0 Å². The Morgan fingerprint density at radius 1 is 1.15 bits per heavy atom. The minimum atomic E-state index is -0.763. The molecule has 0 radical (unpaired) electrons. The molecule has 0 bridgehead atoms. The van der Waals surface area contributed by atoms with Crippen LogP contribution in [0.3, 0.4) is 0 Å². The molecule has 0 saturated heterocycles. The highest BCUT2D eigenvalue weighted by atomic mass is 19.1. The van der Waals surface area contributed by atoms with E-state index in [1.165, 1.54) is 0 Å². The van der Waals surface area contributed by atoms with Gasteiger partial charge in [0.15, 0.2) is 11.6 Å². The Morgan fingerprint density at radius 3 is 2.65 bits per heavy atom. The lowest BCUT2D eigenvalue weighted by molar-refractivity contribution is 0.00842. The summed E-state index contributed by atoms with van der Waals surface area (Å²) in [4.78, 5) is 0. The molecule has 2 nitrogen and oxygen atoms in total. The van der Waals surface area contributed by atoms with Gasteiger partial charge in [-0.25, -0.2) is 8.78 Å². The van der Waals surface area contributed by atoms with E-state index in [-0.39, 0.29) is 17.4 Å². The van der Waals surface area contributed by atoms with Crippen molar-refractivity contribution < 1.29 is 19.0 Å². The van der Waals surface area contributed by atoms with Crippen LogP contribution in [0.2, 0.25) is 0 Å². The molecule has 0 unspecified atom stereocenters. The maximum atomic E-state index is 14.0. The average molecular weight is 282 g/mol. The molecule has 0 heterocycles. The van der Waals surface area contributed by atoms with Crippen LogP contribution < -0.4 is 0 Å². The number of halogens is 2. The topological polar surface area (TPSA) is 40.5 Å². The summed E-state index contributed by atoms with van der Waals surface area (Å²) in [5.74, 6) is -1.58. The summed E-state index contributed by atoms with van der Waals surface area (Å²) in [5, 5.41) is 19.3. The molecular formula is C16H20F2O2. The minimum Gasteiger partial charge on any atom is -0.505 e. The number of aromatic hydroxyl groups is 1. The molecule has 0 aromatic heterocycles.